The summed E-state index contributed by atoms with van der Waals surface area (Å²) >= 11 is 6.27. The Morgan fingerprint density at radius 2 is 1.17 bits per heavy atom. The molecular weight excluding hydrogens is 536 g/mol. The number of hydrogen-bond acceptors (Lipinski definition) is 2. The van der Waals surface area contributed by atoms with E-state index < -0.39 is 0 Å². The van der Waals surface area contributed by atoms with E-state index in [0.717, 1.165) is 39.0 Å². The largest absolute Gasteiger partial charge is 0.452 e. The zero-order valence-corrected chi connectivity index (χ0v) is 25.7. The number of benzene rings is 5. The molecule has 0 radical (unpaired) electrons. The SMILES string of the molecule is CC(C)(C)c1ccc2c(c1)c1cc(C(C)(C)C)ccc1n2-c1cccc2c1oc1c(Nc3cccc(Cl)c3)cccc12. The molecule has 0 aliphatic carbocycles. The number of nitrogens with one attached hydrogen (secondary N) is 1. The molecule has 7 rings (SSSR count). The molecule has 0 unspecified atom stereocenters. The van der Waals surface area contributed by atoms with E-state index >= 15 is 0 Å². The van der Waals surface area contributed by atoms with Crippen molar-refractivity contribution in [1.82, 2.24) is 4.57 Å². The van der Waals surface area contributed by atoms with E-state index in [0.29, 0.717) is 5.02 Å². The minimum absolute atomic E-state index is 0.0510. The maximum absolute atomic E-state index is 6.78. The fraction of sp³-hybridized carbons (Fsp3) is 0.211. The van der Waals surface area contributed by atoms with Crippen molar-refractivity contribution in [2.75, 3.05) is 5.32 Å². The molecule has 42 heavy (non-hydrogen) atoms. The van der Waals surface area contributed by atoms with Crippen molar-refractivity contribution < 1.29 is 4.42 Å². The van der Waals surface area contributed by atoms with Gasteiger partial charge in [-0.25, -0.2) is 0 Å². The van der Waals surface area contributed by atoms with Gasteiger partial charge in [0.2, 0.25) is 0 Å². The fourth-order valence-corrected chi connectivity index (χ4v) is 6.21. The molecule has 0 saturated heterocycles. The van der Waals surface area contributed by atoms with Crippen LogP contribution in [0.3, 0.4) is 0 Å². The lowest BCUT2D eigenvalue weighted by molar-refractivity contribution is 0.590. The lowest BCUT2D eigenvalue weighted by atomic mass is 9.85. The van der Waals surface area contributed by atoms with Crippen LogP contribution in [0, 0.1) is 0 Å². The predicted octanol–water partition coefficient (Wildman–Crippen LogP) is 11.7. The molecule has 7 aromatic rings. The van der Waals surface area contributed by atoms with E-state index in [1.54, 1.807) is 0 Å². The van der Waals surface area contributed by atoms with Gasteiger partial charge in [0.25, 0.3) is 0 Å². The first-order valence-corrected chi connectivity index (χ1v) is 14.9. The van der Waals surface area contributed by atoms with Crippen LogP contribution < -0.4 is 5.32 Å². The molecule has 3 nitrogen and oxygen atoms in total. The Kier molecular flexibility index (Phi) is 5.97. The van der Waals surface area contributed by atoms with E-state index in [-0.39, 0.29) is 10.8 Å². The van der Waals surface area contributed by atoms with E-state index in [4.69, 9.17) is 16.0 Å². The number of fused-ring (bicyclic) bond motifs is 6. The van der Waals surface area contributed by atoms with Crippen LogP contribution in [0.5, 0.6) is 0 Å². The number of furan rings is 1. The van der Waals surface area contributed by atoms with Crippen LogP contribution in [-0.4, -0.2) is 4.57 Å². The van der Waals surface area contributed by atoms with Crippen LogP contribution in [0.2, 0.25) is 5.02 Å². The van der Waals surface area contributed by atoms with Crippen LogP contribution in [0.4, 0.5) is 11.4 Å². The number of nitrogens with zero attached hydrogens (tertiary/aromatic N) is 1. The Hall–Kier alpha value is -4.21. The van der Waals surface area contributed by atoms with E-state index in [1.165, 1.54) is 32.9 Å². The number of anilines is 2. The molecule has 5 aromatic carbocycles. The zero-order valence-electron chi connectivity index (χ0n) is 25.0. The highest BCUT2D eigenvalue weighted by atomic mass is 35.5. The maximum Gasteiger partial charge on any atom is 0.159 e. The summed E-state index contributed by atoms with van der Waals surface area (Å²) in [5, 5.41) is 8.90. The number of halogens is 1. The normalized spacial score (nSPS) is 12.6. The van der Waals surface area contributed by atoms with Gasteiger partial charge in [-0.1, -0.05) is 95.6 Å². The fourth-order valence-electron chi connectivity index (χ4n) is 6.02. The average molecular weight is 571 g/mol. The lowest BCUT2D eigenvalue weighted by Crippen LogP contribution is -2.10. The van der Waals surface area contributed by atoms with Crippen LogP contribution in [0.1, 0.15) is 52.7 Å². The van der Waals surface area contributed by atoms with E-state index in [2.05, 4.69) is 118 Å². The summed E-state index contributed by atoms with van der Waals surface area (Å²) in [4.78, 5) is 0. The summed E-state index contributed by atoms with van der Waals surface area (Å²) in [6.07, 6.45) is 0. The van der Waals surface area contributed by atoms with Crippen LogP contribution in [0.25, 0.3) is 49.4 Å². The third-order valence-electron chi connectivity index (χ3n) is 8.35. The Bertz CT molecular complexity index is 2080. The molecule has 2 aromatic heterocycles. The van der Waals surface area contributed by atoms with Gasteiger partial charge in [-0.05, 0) is 76.6 Å². The van der Waals surface area contributed by atoms with Crippen molar-refractivity contribution in [2.24, 2.45) is 0 Å². The van der Waals surface area contributed by atoms with Gasteiger partial charge in [-0.2, -0.15) is 0 Å². The van der Waals surface area contributed by atoms with Crippen LogP contribution in [0.15, 0.2) is 101 Å². The molecule has 0 spiro atoms. The molecule has 4 heteroatoms. The Balaban J connectivity index is 1.51. The molecule has 0 bridgehead atoms. The third kappa shape index (κ3) is 4.35. The molecule has 0 amide bonds. The van der Waals surface area contributed by atoms with Crippen molar-refractivity contribution in [3.05, 3.63) is 113 Å². The third-order valence-corrected chi connectivity index (χ3v) is 8.58. The van der Waals surface area contributed by atoms with Crippen molar-refractivity contribution in [3.8, 4) is 5.69 Å². The highest BCUT2D eigenvalue weighted by Crippen LogP contribution is 2.42. The highest BCUT2D eigenvalue weighted by Gasteiger charge is 2.23. The van der Waals surface area contributed by atoms with Crippen molar-refractivity contribution in [1.29, 1.82) is 0 Å². The molecule has 0 fully saturated rings. The van der Waals surface area contributed by atoms with Crippen molar-refractivity contribution in [3.63, 3.8) is 0 Å². The number of rotatable bonds is 3. The summed E-state index contributed by atoms with van der Waals surface area (Å²) < 4.78 is 9.15. The van der Waals surface area contributed by atoms with Crippen LogP contribution >= 0.6 is 11.6 Å². The van der Waals surface area contributed by atoms with Gasteiger partial charge in [0.15, 0.2) is 11.2 Å². The van der Waals surface area contributed by atoms with E-state index in [9.17, 15) is 0 Å². The maximum atomic E-state index is 6.78. The molecule has 2 heterocycles. The zero-order chi connectivity index (χ0) is 29.4. The smallest absolute Gasteiger partial charge is 0.159 e. The molecule has 0 saturated carbocycles. The van der Waals surface area contributed by atoms with Gasteiger partial charge in [-0.3, -0.25) is 0 Å². The minimum atomic E-state index is 0.0510. The Labute approximate surface area is 251 Å². The first-order chi connectivity index (χ1) is 20.0. The Morgan fingerprint density at radius 1 is 0.595 bits per heavy atom. The van der Waals surface area contributed by atoms with Crippen molar-refractivity contribution in [2.45, 2.75) is 52.4 Å². The number of aromatic nitrogens is 1. The second-order valence-corrected chi connectivity index (χ2v) is 13.8. The summed E-state index contributed by atoms with van der Waals surface area (Å²) in [5.41, 5.74) is 9.66. The standard InChI is InChI=1S/C38H35ClN2O/c1-37(2,3)23-16-18-32-29(20-23)30-21-24(38(4,5)6)17-19-33(30)41(32)34-15-9-13-28-27-12-8-14-31(35(27)42-36(28)34)40-26-11-7-10-25(39)22-26/h7-22,40H,1-6H3. The van der Waals surface area contributed by atoms with Gasteiger partial charge >= 0.3 is 0 Å². The lowest BCUT2D eigenvalue weighted by Gasteiger charge is -2.19. The molecule has 1 N–H and O–H groups in total. The summed E-state index contributed by atoms with van der Waals surface area (Å²) in [7, 11) is 0. The second kappa shape index (κ2) is 9.40. The molecule has 0 atom stereocenters. The predicted molar refractivity (Wildman–Crippen MR) is 180 cm³/mol. The van der Waals surface area contributed by atoms with E-state index in [1.807, 2.05) is 30.3 Å². The van der Waals surface area contributed by atoms with Crippen molar-refractivity contribution >= 4 is 66.7 Å². The highest BCUT2D eigenvalue weighted by molar-refractivity contribution is 6.30. The summed E-state index contributed by atoms with van der Waals surface area (Å²) in [6.45, 7) is 13.7. The number of hydrogen-bond donors (Lipinski definition) is 1. The molecular formula is C38H35ClN2O. The summed E-state index contributed by atoms with van der Waals surface area (Å²) in [6, 6.07) is 34.3. The van der Waals surface area contributed by atoms with Gasteiger partial charge in [0.05, 0.1) is 22.4 Å². The molecule has 0 aliphatic heterocycles. The monoisotopic (exact) mass is 570 g/mol. The first kappa shape index (κ1) is 26.7. The second-order valence-electron chi connectivity index (χ2n) is 13.4. The molecule has 210 valence electrons. The summed E-state index contributed by atoms with van der Waals surface area (Å²) in [5.74, 6) is 0. The quantitative estimate of drug-likeness (QED) is 0.229. The van der Waals surface area contributed by atoms with Gasteiger partial charge in [-0.15, -0.1) is 0 Å². The first-order valence-electron chi connectivity index (χ1n) is 14.6. The average Bonchev–Trinajstić information content (AvgIpc) is 3.48. The number of para-hydroxylation sites is 2. The Morgan fingerprint density at radius 3 is 1.76 bits per heavy atom. The van der Waals surface area contributed by atoms with Gasteiger partial charge < -0.3 is 14.3 Å². The van der Waals surface area contributed by atoms with Gasteiger partial charge in [0.1, 0.15) is 0 Å². The molecule has 0 aliphatic rings. The topological polar surface area (TPSA) is 30.1 Å². The van der Waals surface area contributed by atoms with Gasteiger partial charge in [0, 0.05) is 32.3 Å². The van der Waals surface area contributed by atoms with Crippen LogP contribution in [-0.2, 0) is 10.8 Å². The minimum Gasteiger partial charge on any atom is -0.452 e.